The second-order valence-corrected chi connectivity index (χ2v) is 4.92. The molecule has 0 atom stereocenters. The Morgan fingerprint density at radius 2 is 2.06 bits per heavy atom. The molecule has 4 nitrogen and oxygen atoms in total. The molecule has 16 heavy (non-hydrogen) atoms. The highest BCUT2D eigenvalue weighted by molar-refractivity contribution is 7.88. The zero-order valence-electron chi connectivity index (χ0n) is 8.54. The van der Waals surface area contributed by atoms with Gasteiger partial charge in [0.25, 0.3) is 0 Å². The topological polar surface area (TPSA) is 55.4 Å². The van der Waals surface area contributed by atoms with E-state index in [2.05, 4.69) is 4.72 Å². The van der Waals surface area contributed by atoms with Crippen LogP contribution in [0.1, 0.15) is 0 Å². The van der Waals surface area contributed by atoms with Crippen molar-refractivity contribution in [1.29, 1.82) is 0 Å². The first kappa shape index (κ1) is 12.9. The summed E-state index contributed by atoms with van der Waals surface area (Å²) in [4.78, 5) is 0. The summed E-state index contributed by atoms with van der Waals surface area (Å²) in [7, 11) is -3.28. The first-order valence-corrected chi connectivity index (χ1v) is 6.30. The van der Waals surface area contributed by atoms with Crippen LogP contribution in [0.5, 0.6) is 5.75 Å². The molecule has 0 bridgehead atoms. The number of sulfonamides is 1. The fourth-order valence-corrected chi connectivity index (χ4v) is 1.43. The zero-order valence-corrected chi connectivity index (χ0v) is 9.35. The molecule has 0 aliphatic rings. The van der Waals surface area contributed by atoms with Gasteiger partial charge in [-0.3, -0.25) is 0 Å². The normalized spacial score (nSPS) is 11.4. The second-order valence-electron chi connectivity index (χ2n) is 3.09. The van der Waals surface area contributed by atoms with Crippen LogP contribution in [0.15, 0.2) is 18.2 Å². The number of hydrogen-bond acceptors (Lipinski definition) is 3. The minimum Gasteiger partial charge on any atom is -0.489 e. The van der Waals surface area contributed by atoms with E-state index in [9.17, 15) is 17.2 Å². The molecule has 1 rings (SSSR count). The van der Waals surface area contributed by atoms with Crippen LogP contribution in [0.2, 0.25) is 0 Å². The Bertz CT molecular complexity index is 462. The van der Waals surface area contributed by atoms with Crippen LogP contribution in [0.3, 0.4) is 0 Å². The van der Waals surface area contributed by atoms with Gasteiger partial charge >= 0.3 is 0 Å². The Morgan fingerprint density at radius 1 is 1.38 bits per heavy atom. The third-order valence-electron chi connectivity index (χ3n) is 1.62. The quantitative estimate of drug-likeness (QED) is 0.791. The van der Waals surface area contributed by atoms with Crippen molar-refractivity contribution in [1.82, 2.24) is 4.72 Å². The number of nitrogens with one attached hydrogen (secondary N) is 1. The fourth-order valence-electron chi connectivity index (χ4n) is 0.980. The number of ether oxygens (including phenoxy) is 1. The Labute approximate surface area is 92.3 Å². The predicted molar refractivity (Wildman–Crippen MR) is 54.7 cm³/mol. The average Bonchev–Trinajstić information content (AvgIpc) is 2.13. The maximum absolute atomic E-state index is 13.0. The molecule has 0 aromatic heterocycles. The van der Waals surface area contributed by atoms with Gasteiger partial charge in [0.1, 0.15) is 12.4 Å². The Balaban J connectivity index is 2.43. The van der Waals surface area contributed by atoms with Gasteiger partial charge in [0.15, 0.2) is 11.6 Å². The van der Waals surface area contributed by atoms with Crippen molar-refractivity contribution >= 4 is 10.0 Å². The molecular formula is C9H11F2NO3S. The van der Waals surface area contributed by atoms with Crippen LogP contribution in [-0.4, -0.2) is 27.8 Å². The van der Waals surface area contributed by atoms with Crippen molar-refractivity contribution in [3.05, 3.63) is 29.8 Å². The molecule has 1 aromatic carbocycles. The molecule has 0 radical (unpaired) electrons. The largest absolute Gasteiger partial charge is 0.489 e. The summed E-state index contributed by atoms with van der Waals surface area (Å²) in [6.45, 7) is -0.00866. The summed E-state index contributed by atoms with van der Waals surface area (Å²) in [5.41, 5.74) is 0. The van der Waals surface area contributed by atoms with Gasteiger partial charge in [-0.1, -0.05) is 0 Å². The number of hydrogen-bond donors (Lipinski definition) is 1. The van der Waals surface area contributed by atoms with Gasteiger partial charge in [-0.05, 0) is 12.1 Å². The van der Waals surface area contributed by atoms with Crippen LogP contribution in [0.25, 0.3) is 0 Å². The van der Waals surface area contributed by atoms with E-state index in [-0.39, 0.29) is 18.9 Å². The van der Waals surface area contributed by atoms with Crippen molar-refractivity contribution in [2.75, 3.05) is 19.4 Å². The van der Waals surface area contributed by atoms with Gasteiger partial charge in [-0.2, -0.15) is 0 Å². The van der Waals surface area contributed by atoms with Gasteiger partial charge in [0, 0.05) is 12.6 Å². The maximum atomic E-state index is 13.0. The summed E-state index contributed by atoms with van der Waals surface area (Å²) in [6.07, 6.45) is 1.01. The molecule has 0 aliphatic heterocycles. The zero-order chi connectivity index (χ0) is 12.2. The molecule has 1 N–H and O–H groups in total. The van der Waals surface area contributed by atoms with E-state index in [1.807, 2.05) is 0 Å². The molecule has 0 heterocycles. The lowest BCUT2D eigenvalue weighted by atomic mass is 10.3. The Morgan fingerprint density at radius 3 is 2.62 bits per heavy atom. The molecule has 0 aliphatic carbocycles. The van der Waals surface area contributed by atoms with Crippen molar-refractivity contribution in [2.24, 2.45) is 0 Å². The van der Waals surface area contributed by atoms with Gasteiger partial charge in [-0.25, -0.2) is 21.9 Å². The van der Waals surface area contributed by atoms with E-state index in [1.54, 1.807) is 0 Å². The first-order valence-electron chi connectivity index (χ1n) is 4.41. The van der Waals surface area contributed by atoms with Crippen LogP contribution in [0, 0.1) is 11.6 Å². The SMILES string of the molecule is CS(=O)(=O)NCCOc1ccc(F)cc1F. The van der Waals surface area contributed by atoms with E-state index < -0.39 is 21.7 Å². The predicted octanol–water partition coefficient (Wildman–Crippen LogP) is 0.893. The summed E-state index contributed by atoms with van der Waals surface area (Å²) in [5.74, 6) is -1.63. The van der Waals surface area contributed by atoms with Crippen LogP contribution in [-0.2, 0) is 10.0 Å². The third-order valence-corrected chi connectivity index (χ3v) is 2.35. The molecule has 1 aromatic rings. The standard InChI is InChI=1S/C9H11F2NO3S/c1-16(13,14)12-4-5-15-9-3-2-7(10)6-8(9)11/h2-3,6,12H,4-5H2,1H3. The van der Waals surface area contributed by atoms with Crippen LogP contribution >= 0.6 is 0 Å². The van der Waals surface area contributed by atoms with E-state index in [4.69, 9.17) is 4.74 Å². The Hall–Kier alpha value is -1.21. The lowest BCUT2D eigenvalue weighted by Gasteiger charge is -2.07. The van der Waals surface area contributed by atoms with Gasteiger partial charge < -0.3 is 4.74 Å². The van der Waals surface area contributed by atoms with E-state index >= 15 is 0 Å². The fraction of sp³-hybridized carbons (Fsp3) is 0.333. The molecule has 0 saturated heterocycles. The van der Waals surface area contributed by atoms with Crippen molar-refractivity contribution in [3.8, 4) is 5.75 Å². The first-order chi connectivity index (χ1) is 7.38. The summed E-state index contributed by atoms with van der Waals surface area (Å²) in [6, 6.07) is 2.90. The van der Waals surface area contributed by atoms with Crippen LogP contribution < -0.4 is 9.46 Å². The highest BCUT2D eigenvalue weighted by atomic mass is 32.2. The highest BCUT2D eigenvalue weighted by Gasteiger charge is 2.05. The third kappa shape index (κ3) is 4.54. The minimum absolute atomic E-state index is 0.0235. The summed E-state index contributed by atoms with van der Waals surface area (Å²) in [5, 5.41) is 0. The number of halogens is 2. The number of rotatable bonds is 5. The van der Waals surface area contributed by atoms with Crippen LogP contribution in [0.4, 0.5) is 8.78 Å². The monoisotopic (exact) mass is 251 g/mol. The molecule has 0 unspecified atom stereocenters. The van der Waals surface area contributed by atoms with Crippen molar-refractivity contribution in [3.63, 3.8) is 0 Å². The highest BCUT2D eigenvalue weighted by Crippen LogP contribution is 2.17. The maximum Gasteiger partial charge on any atom is 0.208 e. The lowest BCUT2D eigenvalue weighted by molar-refractivity contribution is 0.305. The van der Waals surface area contributed by atoms with Gasteiger partial charge in [0.05, 0.1) is 6.26 Å². The molecule has 0 amide bonds. The molecule has 0 fully saturated rings. The van der Waals surface area contributed by atoms with E-state index in [0.29, 0.717) is 6.07 Å². The lowest BCUT2D eigenvalue weighted by Crippen LogP contribution is -2.27. The van der Waals surface area contributed by atoms with E-state index in [0.717, 1.165) is 18.4 Å². The van der Waals surface area contributed by atoms with E-state index in [1.165, 1.54) is 0 Å². The molecular weight excluding hydrogens is 240 g/mol. The minimum atomic E-state index is -3.28. The summed E-state index contributed by atoms with van der Waals surface area (Å²) < 4.78 is 53.9. The average molecular weight is 251 g/mol. The Kier molecular flexibility index (Phi) is 4.19. The molecule has 7 heteroatoms. The molecule has 90 valence electrons. The van der Waals surface area contributed by atoms with Crippen molar-refractivity contribution < 1.29 is 21.9 Å². The molecule has 0 spiro atoms. The number of benzene rings is 1. The smallest absolute Gasteiger partial charge is 0.208 e. The van der Waals surface area contributed by atoms with Crippen molar-refractivity contribution in [2.45, 2.75) is 0 Å². The van der Waals surface area contributed by atoms with Gasteiger partial charge in [-0.15, -0.1) is 0 Å². The van der Waals surface area contributed by atoms with Gasteiger partial charge in [0.2, 0.25) is 10.0 Å². The summed E-state index contributed by atoms with van der Waals surface area (Å²) >= 11 is 0. The second kappa shape index (κ2) is 5.22. The molecule has 0 saturated carbocycles.